The summed E-state index contributed by atoms with van der Waals surface area (Å²) in [4.78, 5) is 13.0. The molecule has 11 heteroatoms. The molecular weight excluding hydrogens is 521 g/mol. The number of halogens is 3. The van der Waals surface area contributed by atoms with E-state index in [9.17, 15) is 4.79 Å². The Labute approximate surface area is 217 Å². The van der Waals surface area contributed by atoms with Crippen molar-refractivity contribution in [3.8, 4) is 17.2 Å². The zero-order chi connectivity index (χ0) is 24.9. The Kier molecular flexibility index (Phi) is 8.54. The summed E-state index contributed by atoms with van der Waals surface area (Å²) >= 11 is 23.8. The lowest BCUT2D eigenvalue weighted by atomic mass is 10.1. The van der Waals surface area contributed by atoms with E-state index in [0.29, 0.717) is 17.2 Å². The number of hydrogen-bond acceptors (Lipinski definition) is 5. The summed E-state index contributed by atoms with van der Waals surface area (Å²) in [6, 6.07) is 16.5. The number of fused-ring (bicyclic) bond motifs is 1. The maximum Gasteiger partial charge on any atom is 0.253 e. The van der Waals surface area contributed by atoms with Crippen LogP contribution in [0.1, 0.15) is 10.4 Å². The Morgan fingerprint density at radius 2 is 1.53 bits per heavy atom. The van der Waals surface area contributed by atoms with Crippen LogP contribution in [0.2, 0.25) is 0 Å². The second-order valence-corrected chi connectivity index (χ2v) is 9.76. The number of anilines is 1. The summed E-state index contributed by atoms with van der Waals surface area (Å²) in [6.07, 6.45) is -1.17. The number of rotatable bonds is 7. The Bertz CT molecular complexity index is 1170. The highest BCUT2D eigenvalue weighted by atomic mass is 35.6. The van der Waals surface area contributed by atoms with Gasteiger partial charge in [-0.1, -0.05) is 71.2 Å². The number of alkyl halides is 3. The van der Waals surface area contributed by atoms with E-state index < -0.39 is 15.9 Å². The van der Waals surface area contributed by atoms with Gasteiger partial charge in [-0.15, -0.1) is 0 Å². The molecule has 1 atom stereocenters. The molecule has 0 aliphatic carbocycles. The molecule has 3 aromatic carbocycles. The second-order valence-electron chi connectivity index (χ2n) is 6.99. The molecule has 0 fully saturated rings. The van der Waals surface area contributed by atoms with Crippen LogP contribution >= 0.6 is 47.0 Å². The molecule has 0 aliphatic rings. The monoisotopic (exact) mass is 541 g/mol. The van der Waals surface area contributed by atoms with Crippen LogP contribution in [0.5, 0.6) is 17.2 Å². The van der Waals surface area contributed by atoms with E-state index in [2.05, 4.69) is 16.0 Å². The van der Waals surface area contributed by atoms with Gasteiger partial charge in [-0.3, -0.25) is 4.79 Å². The van der Waals surface area contributed by atoms with Gasteiger partial charge in [-0.25, -0.2) is 0 Å². The SMILES string of the molecule is COc1cc(C(=O)NC(NC(=S)Nc2cccc3ccccc23)C(Cl)(Cl)Cl)cc(OC)c1OC. The summed E-state index contributed by atoms with van der Waals surface area (Å²) < 4.78 is 14.0. The summed E-state index contributed by atoms with van der Waals surface area (Å²) in [5, 5.41) is 10.7. The van der Waals surface area contributed by atoms with Crippen molar-refractivity contribution in [3.63, 3.8) is 0 Å². The van der Waals surface area contributed by atoms with Crippen molar-refractivity contribution in [1.82, 2.24) is 10.6 Å². The quantitative estimate of drug-likeness (QED) is 0.213. The van der Waals surface area contributed by atoms with Gasteiger partial charge in [0.1, 0.15) is 6.17 Å². The number of nitrogens with one attached hydrogen (secondary N) is 3. The number of carbonyl (C=O) groups is 1. The number of amides is 1. The molecule has 34 heavy (non-hydrogen) atoms. The van der Waals surface area contributed by atoms with Crippen LogP contribution in [0.25, 0.3) is 10.8 Å². The van der Waals surface area contributed by atoms with E-state index in [1.807, 2.05) is 42.5 Å². The molecule has 180 valence electrons. The molecule has 0 bridgehead atoms. The number of ether oxygens (including phenoxy) is 3. The van der Waals surface area contributed by atoms with Crippen LogP contribution in [0, 0.1) is 0 Å². The van der Waals surface area contributed by atoms with Crippen LogP contribution in [-0.2, 0) is 0 Å². The largest absolute Gasteiger partial charge is 0.493 e. The molecule has 1 amide bonds. The van der Waals surface area contributed by atoms with Gasteiger partial charge in [0.2, 0.25) is 9.54 Å². The number of benzene rings is 3. The van der Waals surface area contributed by atoms with Crippen LogP contribution in [-0.4, -0.2) is 42.3 Å². The zero-order valence-corrected chi connectivity index (χ0v) is 21.5. The van der Waals surface area contributed by atoms with Crippen molar-refractivity contribution in [2.75, 3.05) is 26.6 Å². The minimum Gasteiger partial charge on any atom is -0.493 e. The van der Waals surface area contributed by atoms with Crippen LogP contribution in [0.15, 0.2) is 54.6 Å². The standard InChI is InChI=1S/C23H22Cl3N3O4S/c1-31-17-11-14(12-18(32-2)19(17)33-3)20(30)28-21(23(24,25)26)29-22(34)27-16-10-6-8-13-7-4-5-9-15(13)16/h4-12,21H,1-3H3,(H,28,30)(H2,27,29,34). The van der Waals surface area contributed by atoms with Crippen molar-refractivity contribution in [2.45, 2.75) is 9.96 Å². The van der Waals surface area contributed by atoms with E-state index in [1.165, 1.54) is 33.5 Å². The van der Waals surface area contributed by atoms with Gasteiger partial charge in [0.15, 0.2) is 16.6 Å². The van der Waals surface area contributed by atoms with E-state index in [-0.39, 0.29) is 10.7 Å². The fourth-order valence-corrected chi connectivity index (χ4v) is 3.81. The first-order valence-electron chi connectivity index (χ1n) is 9.90. The smallest absolute Gasteiger partial charge is 0.253 e. The van der Waals surface area contributed by atoms with Crippen molar-refractivity contribution in [2.24, 2.45) is 0 Å². The van der Waals surface area contributed by atoms with Crippen LogP contribution in [0.4, 0.5) is 5.69 Å². The molecule has 3 aromatic rings. The van der Waals surface area contributed by atoms with Gasteiger partial charge < -0.3 is 30.2 Å². The lowest BCUT2D eigenvalue weighted by Gasteiger charge is -2.28. The molecule has 0 heterocycles. The van der Waals surface area contributed by atoms with Gasteiger partial charge in [-0.05, 0) is 35.8 Å². The molecule has 0 spiro atoms. The third kappa shape index (κ3) is 6.07. The average molecular weight is 543 g/mol. The summed E-state index contributed by atoms with van der Waals surface area (Å²) in [7, 11) is 4.36. The minimum absolute atomic E-state index is 0.151. The predicted octanol–water partition coefficient (Wildman–Crippen LogP) is 5.28. The minimum atomic E-state index is -1.93. The first kappa shape index (κ1) is 26.0. The van der Waals surface area contributed by atoms with Crippen molar-refractivity contribution in [1.29, 1.82) is 0 Å². The molecule has 3 rings (SSSR count). The first-order valence-corrected chi connectivity index (χ1v) is 11.4. The first-order chi connectivity index (χ1) is 16.2. The fourth-order valence-electron chi connectivity index (χ4n) is 3.25. The topological polar surface area (TPSA) is 80.9 Å². The number of carbonyl (C=O) groups excluding carboxylic acids is 1. The normalized spacial score (nSPS) is 11.9. The molecule has 0 aromatic heterocycles. The van der Waals surface area contributed by atoms with Crippen LogP contribution < -0.4 is 30.2 Å². The third-order valence-corrected chi connectivity index (χ3v) is 5.72. The molecule has 3 N–H and O–H groups in total. The molecule has 1 unspecified atom stereocenters. The summed E-state index contributed by atoms with van der Waals surface area (Å²) in [6.45, 7) is 0. The highest BCUT2D eigenvalue weighted by Gasteiger charge is 2.35. The summed E-state index contributed by atoms with van der Waals surface area (Å²) in [5.74, 6) is 0.395. The Morgan fingerprint density at radius 3 is 2.12 bits per heavy atom. The highest BCUT2D eigenvalue weighted by Crippen LogP contribution is 2.38. The van der Waals surface area contributed by atoms with E-state index >= 15 is 0 Å². The Hall–Kier alpha value is -2.65. The van der Waals surface area contributed by atoms with Crippen molar-refractivity contribution < 1.29 is 19.0 Å². The van der Waals surface area contributed by atoms with Gasteiger partial charge in [0.05, 0.1) is 21.3 Å². The molecule has 0 saturated carbocycles. The van der Waals surface area contributed by atoms with Gasteiger partial charge >= 0.3 is 0 Å². The lowest BCUT2D eigenvalue weighted by Crippen LogP contribution is -2.56. The molecule has 0 radical (unpaired) electrons. The van der Waals surface area contributed by atoms with E-state index in [4.69, 9.17) is 61.2 Å². The third-order valence-electron chi connectivity index (χ3n) is 4.84. The highest BCUT2D eigenvalue weighted by molar-refractivity contribution is 7.80. The molecule has 7 nitrogen and oxygen atoms in total. The number of thiocarbonyl (C=S) groups is 1. The molecule has 0 aliphatic heterocycles. The Morgan fingerprint density at radius 1 is 0.912 bits per heavy atom. The Balaban J connectivity index is 1.80. The number of hydrogen-bond donors (Lipinski definition) is 3. The summed E-state index contributed by atoms with van der Waals surface area (Å²) in [5.41, 5.74) is 0.957. The second kappa shape index (κ2) is 11.2. The maximum atomic E-state index is 13.0. The fraction of sp³-hybridized carbons (Fsp3) is 0.217. The molecule has 0 saturated heterocycles. The van der Waals surface area contributed by atoms with Gasteiger partial charge in [0, 0.05) is 16.6 Å². The van der Waals surface area contributed by atoms with Gasteiger partial charge in [-0.2, -0.15) is 0 Å². The molecular formula is C23H22Cl3N3O4S. The average Bonchev–Trinajstić information content (AvgIpc) is 2.82. The van der Waals surface area contributed by atoms with Gasteiger partial charge in [0.25, 0.3) is 5.91 Å². The predicted molar refractivity (Wildman–Crippen MR) is 141 cm³/mol. The maximum absolute atomic E-state index is 13.0. The number of methoxy groups -OCH3 is 3. The van der Waals surface area contributed by atoms with E-state index in [1.54, 1.807) is 0 Å². The van der Waals surface area contributed by atoms with E-state index in [0.717, 1.165) is 16.5 Å². The van der Waals surface area contributed by atoms with Crippen LogP contribution in [0.3, 0.4) is 0 Å². The zero-order valence-electron chi connectivity index (χ0n) is 18.4. The van der Waals surface area contributed by atoms with Crippen molar-refractivity contribution >= 4 is 74.5 Å². The van der Waals surface area contributed by atoms with Crippen molar-refractivity contribution in [3.05, 3.63) is 60.2 Å². The lowest BCUT2D eigenvalue weighted by molar-refractivity contribution is 0.0933.